The number of hydrogen-bond donors (Lipinski definition) is 2. The van der Waals surface area contributed by atoms with Gasteiger partial charge in [0.1, 0.15) is 11.8 Å². The van der Waals surface area contributed by atoms with Gasteiger partial charge in [-0.2, -0.15) is 0 Å². The van der Waals surface area contributed by atoms with Gasteiger partial charge in [-0.25, -0.2) is 9.78 Å². The zero-order chi connectivity index (χ0) is 24.1. The number of carboxylic acids is 1. The largest absolute Gasteiger partial charge is 0.507 e. The molecule has 0 aliphatic carbocycles. The van der Waals surface area contributed by atoms with Crippen molar-refractivity contribution in [3.05, 3.63) is 85.5 Å². The van der Waals surface area contributed by atoms with Gasteiger partial charge >= 0.3 is 11.9 Å². The Morgan fingerprint density at radius 1 is 1.09 bits per heavy atom. The number of nitrogens with zero attached hydrogens (tertiary/aromatic N) is 2. The number of carbonyl (C=O) groups excluding carboxylic acids is 2. The van der Waals surface area contributed by atoms with Gasteiger partial charge < -0.3 is 10.2 Å². The number of amides is 1. The molecule has 1 unspecified atom stereocenters. The number of aryl methyl sites for hydroxylation is 1. The summed E-state index contributed by atoms with van der Waals surface area (Å²) >= 11 is 5.91. The van der Waals surface area contributed by atoms with Gasteiger partial charge in [0, 0.05) is 14.9 Å². The Morgan fingerprint density at radius 2 is 1.85 bits per heavy atom. The molecule has 2 N–H and O–H groups in total. The maximum atomic E-state index is 13.2. The van der Waals surface area contributed by atoms with Crippen LogP contribution in [0.15, 0.2) is 64.0 Å². The first-order valence-electron chi connectivity index (χ1n) is 10.0. The van der Waals surface area contributed by atoms with Crippen molar-refractivity contribution < 1.29 is 24.6 Å². The number of ketones is 1. The van der Waals surface area contributed by atoms with Gasteiger partial charge in [-0.3, -0.25) is 14.5 Å². The second kappa shape index (κ2) is 8.46. The Labute approximate surface area is 209 Å². The molecule has 0 radical (unpaired) electrons. The van der Waals surface area contributed by atoms with E-state index in [1.54, 1.807) is 36.4 Å². The number of aliphatic hydroxyl groups is 1. The molecule has 10 heteroatoms. The Morgan fingerprint density at radius 3 is 2.53 bits per heavy atom. The van der Waals surface area contributed by atoms with E-state index in [-0.39, 0.29) is 22.0 Å². The standard InChI is InChI=1S/C24H15BrN2O5S2/c1-11-9-12(4-6-14(11)25)20(28)18-19(16-3-2-8-33-16)27(22(30)21(18)29)24-26-15-7-5-13(23(31)32)10-17(15)34-24/h2-10,19,28H,1H3,(H,31,32)/b20-18+. The highest BCUT2D eigenvalue weighted by atomic mass is 79.9. The Balaban J connectivity index is 1.69. The second-order valence-electron chi connectivity index (χ2n) is 7.63. The lowest BCUT2D eigenvalue weighted by Crippen LogP contribution is -2.28. The van der Waals surface area contributed by atoms with Crippen molar-refractivity contribution in [3.63, 3.8) is 0 Å². The van der Waals surface area contributed by atoms with Crippen molar-refractivity contribution >= 4 is 77.4 Å². The number of Topliss-reactive ketones (excluding diaryl/α,β-unsaturated/α-hetero) is 1. The van der Waals surface area contributed by atoms with Crippen LogP contribution in [-0.2, 0) is 9.59 Å². The van der Waals surface area contributed by atoms with E-state index in [9.17, 15) is 24.6 Å². The third-order valence-electron chi connectivity index (χ3n) is 5.52. The number of thiazole rings is 1. The molecule has 1 aliphatic heterocycles. The van der Waals surface area contributed by atoms with Gasteiger partial charge in [0.05, 0.1) is 21.4 Å². The molecule has 1 aliphatic rings. The summed E-state index contributed by atoms with van der Waals surface area (Å²) in [4.78, 5) is 44.3. The predicted molar refractivity (Wildman–Crippen MR) is 135 cm³/mol. The molecular formula is C24H15BrN2O5S2. The average Bonchev–Trinajstić information content (AvgIpc) is 3.53. The maximum Gasteiger partial charge on any atom is 0.335 e. The SMILES string of the molecule is Cc1cc(/C(O)=C2\C(=O)C(=O)N(c3nc4ccc(C(=O)O)cc4s3)C2c2cccs2)ccc1Br. The molecule has 0 spiro atoms. The van der Waals surface area contributed by atoms with Crippen LogP contribution < -0.4 is 4.90 Å². The smallest absolute Gasteiger partial charge is 0.335 e. The van der Waals surface area contributed by atoms with E-state index < -0.39 is 23.7 Å². The molecule has 1 atom stereocenters. The van der Waals surface area contributed by atoms with E-state index in [4.69, 9.17) is 0 Å². The van der Waals surface area contributed by atoms with Gasteiger partial charge in [-0.05, 0) is 54.3 Å². The van der Waals surface area contributed by atoms with Crippen LogP contribution in [0.5, 0.6) is 0 Å². The molecule has 2 aromatic heterocycles. The van der Waals surface area contributed by atoms with Crippen molar-refractivity contribution in [1.82, 2.24) is 4.98 Å². The summed E-state index contributed by atoms with van der Waals surface area (Å²) in [6.45, 7) is 1.86. The van der Waals surface area contributed by atoms with E-state index in [0.29, 0.717) is 20.7 Å². The average molecular weight is 555 g/mol. The number of aromatic carboxylic acids is 1. The highest BCUT2D eigenvalue weighted by molar-refractivity contribution is 9.10. The molecule has 7 nitrogen and oxygen atoms in total. The molecule has 2 aromatic carbocycles. The summed E-state index contributed by atoms with van der Waals surface area (Å²) in [5.74, 6) is -2.93. The quantitative estimate of drug-likeness (QED) is 0.189. The Kier molecular flexibility index (Phi) is 5.59. The topological polar surface area (TPSA) is 108 Å². The van der Waals surface area contributed by atoms with E-state index in [1.165, 1.54) is 28.4 Å². The third-order valence-corrected chi connectivity index (χ3v) is 8.35. The minimum Gasteiger partial charge on any atom is -0.507 e. The number of halogens is 1. The van der Waals surface area contributed by atoms with Crippen LogP contribution in [-0.4, -0.2) is 32.9 Å². The predicted octanol–water partition coefficient (Wildman–Crippen LogP) is 5.75. The normalized spacial score (nSPS) is 17.6. The van der Waals surface area contributed by atoms with Crippen LogP contribution in [0.2, 0.25) is 0 Å². The van der Waals surface area contributed by atoms with Crippen LogP contribution in [0.3, 0.4) is 0 Å². The molecule has 1 amide bonds. The molecule has 5 rings (SSSR count). The zero-order valence-corrected chi connectivity index (χ0v) is 20.7. The number of thiophene rings is 1. The lowest BCUT2D eigenvalue weighted by molar-refractivity contribution is -0.132. The summed E-state index contributed by atoms with van der Waals surface area (Å²) in [5.41, 5.74) is 1.90. The molecule has 34 heavy (non-hydrogen) atoms. The first-order chi connectivity index (χ1) is 16.3. The number of hydrogen-bond acceptors (Lipinski definition) is 7. The Bertz CT molecular complexity index is 1520. The van der Waals surface area contributed by atoms with Crippen molar-refractivity contribution in [2.24, 2.45) is 0 Å². The fourth-order valence-corrected chi connectivity index (χ4v) is 5.94. The number of aliphatic hydroxyl groups excluding tert-OH is 1. The number of rotatable bonds is 4. The van der Waals surface area contributed by atoms with Gasteiger partial charge in [0.25, 0.3) is 5.78 Å². The first-order valence-corrected chi connectivity index (χ1v) is 12.5. The highest BCUT2D eigenvalue weighted by Gasteiger charge is 2.48. The fourth-order valence-electron chi connectivity index (χ4n) is 3.84. The molecule has 4 aromatic rings. The van der Waals surface area contributed by atoms with Crippen molar-refractivity contribution in [2.75, 3.05) is 4.90 Å². The van der Waals surface area contributed by atoms with Crippen molar-refractivity contribution in [3.8, 4) is 0 Å². The third kappa shape index (κ3) is 3.64. The van der Waals surface area contributed by atoms with Crippen molar-refractivity contribution in [1.29, 1.82) is 0 Å². The molecule has 170 valence electrons. The summed E-state index contributed by atoms with van der Waals surface area (Å²) in [6.07, 6.45) is 0. The van der Waals surface area contributed by atoms with Gasteiger partial charge in [0.15, 0.2) is 5.13 Å². The number of aromatic nitrogens is 1. The van der Waals surface area contributed by atoms with Gasteiger partial charge in [-0.15, -0.1) is 11.3 Å². The van der Waals surface area contributed by atoms with Gasteiger partial charge in [-0.1, -0.05) is 39.4 Å². The van der Waals surface area contributed by atoms with Crippen LogP contribution in [0.1, 0.15) is 32.4 Å². The van der Waals surface area contributed by atoms with E-state index in [2.05, 4.69) is 20.9 Å². The van der Waals surface area contributed by atoms with Crippen LogP contribution in [0, 0.1) is 6.92 Å². The first kappa shape index (κ1) is 22.5. The molecule has 0 saturated carbocycles. The van der Waals surface area contributed by atoms with Crippen LogP contribution >= 0.6 is 38.6 Å². The number of benzene rings is 2. The number of fused-ring (bicyclic) bond motifs is 1. The number of carboxylic acid groups (broad SMARTS) is 1. The van der Waals surface area contributed by atoms with E-state index in [1.807, 2.05) is 12.3 Å². The van der Waals surface area contributed by atoms with E-state index in [0.717, 1.165) is 21.4 Å². The lowest BCUT2D eigenvalue weighted by Gasteiger charge is -2.21. The second-order valence-corrected chi connectivity index (χ2v) is 10.5. The summed E-state index contributed by atoms with van der Waals surface area (Å²) in [7, 11) is 0. The monoisotopic (exact) mass is 554 g/mol. The zero-order valence-electron chi connectivity index (χ0n) is 17.5. The van der Waals surface area contributed by atoms with Gasteiger partial charge in [0.2, 0.25) is 0 Å². The molecule has 0 bridgehead atoms. The number of carbonyl (C=O) groups is 3. The Hall–Kier alpha value is -3.34. The van der Waals surface area contributed by atoms with Crippen LogP contribution in [0.4, 0.5) is 5.13 Å². The van der Waals surface area contributed by atoms with Crippen LogP contribution in [0.25, 0.3) is 16.0 Å². The minimum absolute atomic E-state index is 0.0142. The summed E-state index contributed by atoms with van der Waals surface area (Å²) in [6, 6.07) is 12.4. The fraction of sp³-hybridized carbons (Fsp3) is 0.0833. The highest BCUT2D eigenvalue weighted by Crippen LogP contribution is 2.45. The maximum absolute atomic E-state index is 13.2. The number of anilines is 1. The summed E-state index contributed by atoms with van der Waals surface area (Å²) < 4.78 is 1.43. The lowest BCUT2D eigenvalue weighted by atomic mass is 9.99. The van der Waals surface area contributed by atoms with E-state index >= 15 is 0 Å². The van der Waals surface area contributed by atoms with Crippen molar-refractivity contribution in [2.45, 2.75) is 13.0 Å². The minimum atomic E-state index is -1.07. The molecule has 1 saturated heterocycles. The molecule has 3 heterocycles. The molecular weight excluding hydrogens is 540 g/mol. The summed E-state index contributed by atoms with van der Waals surface area (Å²) in [5, 5.41) is 22.6. The molecule has 1 fully saturated rings.